The van der Waals surface area contributed by atoms with Crippen LogP contribution in [0.4, 0.5) is 0 Å². The fourth-order valence-electron chi connectivity index (χ4n) is 1.70. The summed E-state index contributed by atoms with van der Waals surface area (Å²) in [7, 11) is 3.71. The molecule has 1 aromatic carbocycles. The average Bonchev–Trinajstić information content (AvgIpc) is 2.04. The Labute approximate surface area is 71.1 Å². The zero-order chi connectivity index (χ0) is 7.68. The van der Waals surface area contributed by atoms with Gasteiger partial charge in [-0.1, -0.05) is 24.3 Å². The Morgan fingerprint density at radius 3 is 2.73 bits per heavy atom. The van der Waals surface area contributed by atoms with Crippen LogP contribution in [-0.4, -0.2) is 10.2 Å². The topological polar surface area (TPSA) is 0 Å². The van der Waals surface area contributed by atoms with Crippen molar-refractivity contribution >= 4 is 10.2 Å². The summed E-state index contributed by atoms with van der Waals surface area (Å²) in [6.45, 7) is 0. The first kappa shape index (κ1) is 7.11. The van der Waals surface area contributed by atoms with Gasteiger partial charge in [0.2, 0.25) is 0 Å². The van der Waals surface area contributed by atoms with Crippen LogP contribution in [0.25, 0.3) is 0 Å². The molecule has 1 aliphatic rings. The molecule has 2 rings (SSSR count). The summed E-state index contributed by atoms with van der Waals surface area (Å²) in [5, 5.41) is 0. The summed E-state index contributed by atoms with van der Waals surface area (Å²) >= 11 is 0. The van der Waals surface area contributed by atoms with Gasteiger partial charge in [-0.2, -0.15) is 0 Å². The molecular weight excluding hydrogens is 148 g/mol. The summed E-state index contributed by atoms with van der Waals surface area (Å²) in [6.07, 6.45) is 3.73. The maximum absolute atomic E-state index is 3.71. The number of hydrogen-bond acceptors (Lipinski definition) is 0. The average molecular weight is 159 g/mol. The van der Waals surface area contributed by atoms with E-state index in [2.05, 4.69) is 34.5 Å². The van der Waals surface area contributed by atoms with Crippen LogP contribution in [0.15, 0.2) is 24.3 Å². The first-order valence-electron chi connectivity index (χ1n) is 4.14. The van der Waals surface area contributed by atoms with Gasteiger partial charge in [0, 0.05) is 10.2 Å². The van der Waals surface area contributed by atoms with Crippen molar-refractivity contribution in [3.8, 4) is 0 Å². The standard InChI is InChI=1S/C10H11Si/c11-10-6-5-8-3-1-2-4-9(8)7-10/h1-4,10H,5-7H2. The van der Waals surface area contributed by atoms with Crippen LogP contribution < -0.4 is 0 Å². The predicted molar refractivity (Wildman–Crippen MR) is 48.0 cm³/mol. The Hall–Kier alpha value is -0.563. The molecule has 1 atom stereocenters. The lowest BCUT2D eigenvalue weighted by atomic mass is 9.91. The Balaban J connectivity index is 2.34. The minimum absolute atomic E-state index is 0.699. The Morgan fingerprint density at radius 2 is 1.91 bits per heavy atom. The van der Waals surface area contributed by atoms with E-state index >= 15 is 0 Å². The molecule has 0 spiro atoms. The van der Waals surface area contributed by atoms with E-state index in [0.717, 1.165) is 0 Å². The first-order chi connectivity index (χ1) is 5.36. The number of fused-ring (bicyclic) bond motifs is 1. The van der Waals surface area contributed by atoms with Crippen molar-refractivity contribution in [2.45, 2.75) is 24.8 Å². The van der Waals surface area contributed by atoms with E-state index in [1.165, 1.54) is 24.8 Å². The third kappa shape index (κ3) is 1.38. The zero-order valence-electron chi connectivity index (χ0n) is 6.51. The molecule has 0 aliphatic heterocycles. The van der Waals surface area contributed by atoms with E-state index in [1.807, 2.05) is 0 Å². The van der Waals surface area contributed by atoms with Crippen LogP contribution in [0.2, 0.25) is 5.54 Å². The monoisotopic (exact) mass is 159 g/mol. The normalized spacial score (nSPS) is 22.8. The number of rotatable bonds is 0. The summed E-state index contributed by atoms with van der Waals surface area (Å²) < 4.78 is 0. The molecule has 55 valence electrons. The summed E-state index contributed by atoms with van der Waals surface area (Å²) in [5.41, 5.74) is 3.77. The van der Waals surface area contributed by atoms with Crippen molar-refractivity contribution in [2.75, 3.05) is 0 Å². The molecular formula is C10H11Si. The molecule has 11 heavy (non-hydrogen) atoms. The van der Waals surface area contributed by atoms with Gasteiger partial charge in [0.15, 0.2) is 0 Å². The van der Waals surface area contributed by atoms with Crippen LogP contribution in [-0.2, 0) is 12.8 Å². The summed E-state index contributed by atoms with van der Waals surface area (Å²) in [4.78, 5) is 0. The van der Waals surface area contributed by atoms with Gasteiger partial charge in [0.05, 0.1) is 0 Å². The summed E-state index contributed by atoms with van der Waals surface area (Å²) in [6, 6.07) is 8.74. The van der Waals surface area contributed by atoms with Gasteiger partial charge >= 0.3 is 0 Å². The van der Waals surface area contributed by atoms with Crippen molar-refractivity contribution in [3.63, 3.8) is 0 Å². The second-order valence-corrected chi connectivity index (χ2v) is 4.02. The van der Waals surface area contributed by atoms with Crippen LogP contribution in [0.3, 0.4) is 0 Å². The fraction of sp³-hybridized carbons (Fsp3) is 0.400. The molecule has 0 N–H and O–H groups in total. The maximum Gasteiger partial charge on any atom is 0.0270 e. The van der Waals surface area contributed by atoms with Crippen LogP contribution >= 0.6 is 0 Å². The second kappa shape index (κ2) is 2.82. The maximum atomic E-state index is 3.71. The molecule has 1 unspecified atom stereocenters. The van der Waals surface area contributed by atoms with Gasteiger partial charge in [-0.25, -0.2) is 0 Å². The molecule has 0 bridgehead atoms. The smallest absolute Gasteiger partial charge is 0.0270 e. The van der Waals surface area contributed by atoms with Gasteiger partial charge in [0.1, 0.15) is 0 Å². The molecule has 1 aliphatic carbocycles. The third-order valence-electron chi connectivity index (χ3n) is 2.35. The highest BCUT2D eigenvalue weighted by atomic mass is 28.1. The van der Waals surface area contributed by atoms with E-state index in [9.17, 15) is 0 Å². The third-order valence-corrected chi connectivity index (χ3v) is 2.84. The van der Waals surface area contributed by atoms with Crippen molar-refractivity contribution < 1.29 is 0 Å². The van der Waals surface area contributed by atoms with Crippen LogP contribution in [0.5, 0.6) is 0 Å². The molecule has 1 aromatic rings. The fourth-order valence-corrected chi connectivity index (χ4v) is 2.06. The minimum Gasteiger partial charge on any atom is -0.0620 e. The lowest BCUT2D eigenvalue weighted by Gasteiger charge is -2.20. The van der Waals surface area contributed by atoms with Crippen LogP contribution in [0.1, 0.15) is 17.5 Å². The predicted octanol–water partition coefficient (Wildman–Crippen LogP) is 2.13. The van der Waals surface area contributed by atoms with E-state index in [-0.39, 0.29) is 0 Å². The molecule has 0 nitrogen and oxygen atoms in total. The van der Waals surface area contributed by atoms with E-state index in [1.54, 1.807) is 5.56 Å². The number of hydrogen-bond donors (Lipinski definition) is 0. The lowest BCUT2D eigenvalue weighted by molar-refractivity contribution is 0.684. The zero-order valence-corrected chi connectivity index (χ0v) is 7.51. The highest BCUT2D eigenvalue weighted by Gasteiger charge is 2.13. The first-order valence-corrected chi connectivity index (χ1v) is 4.72. The molecule has 1 heteroatoms. The molecule has 3 radical (unpaired) electrons. The van der Waals surface area contributed by atoms with Crippen molar-refractivity contribution in [3.05, 3.63) is 35.4 Å². The van der Waals surface area contributed by atoms with Crippen LogP contribution in [0, 0.1) is 0 Å². The molecule has 0 heterocycles. The SMILES string of the molecule is [Si]C1CCc2ccccc2C1. The molecule has 0 saturated heterocycles. The van der Waals surface area contributed by atoms with E-state index in [0.29, 0.717) is 5.54 Å². The van der Waals surface area contributed by atoms with Gasteiger partial charge in [0.25, 0.3) is 0 Å². The molecule has 0 aromatic heterocycles. The molecule has 0 amide bonds. The highest BCUT2D eigenvalue weighted by molar-refractivity contribution is 6.11. The Morgan fingerprint density at radius 1 is 1.18 bits per heavy atom. The van der Waals surface area contributed by atoms with E-state index in [4.69, 9.17) is 0 Å². The lowest BCUT2D eigenvalue weighted by Crippen LogP contribution is -2.08. The molecule has 0 saturated carbocycles. The Kier molecular flexibility index (Phi) is 1.82. The van der Waals surface area contributed by atoms with Gasteiger partial charge < -0.3 is 0 Å². The van der Waals surface area contributed by atoms with Gasteiger partial charge in [-0.3, -0.25) is 0 Å². The minimum atomic E-state index is 0.699. The Bertz CT molecular complexity index is 255. The largest absolute Gasteiger partial charge is 0.0620 e. The quantitative estimate of drug-likeness (QED) is 0.509. The van der Waals surface area contributed by atoms with Gasteiger partial charge in [-0.05, 0) is 35.9 Å². The van der Waals surface area contributed by atoms with Crippen molar-refractivity contribution in [1.82, 2.24) is 0 Å². The van der Waals surface area contributed by atoms with Crippen molar-refractivity contribution in [2.24, 2.45) is 0 Å². The van der Waals surface area contributed by atoms with Gasteiger partial charge in [-0.15, -0.1) is 0 Å². The summed E-state index contributed by atoms with van der Waals surface area (Å²) in [5.74, 6) is 0. The van der Waals surface area contributed by atoms with E-state index < -0.39 is 0 Å². The number of aryl methyl sites for hydroxylation is 1. The second-order valence-electron chi connectivity index (χ2n) is 3.21. The highest BCUT2D eigenvalue weighted by Crippen LogP contribution is 2.26. The molecule has 0 fully saturated rings. The number of benzene rings is 1. The van der Waals surface area contributed by atoms with Crippen molar-refractivity contribution in [1.29, 1.82) is 0 Å².